The second-order valence-corrected chi connectivity index (χ2v) is 6.59. The van der Waals surface area contributed by atoms with Crippen LogP contribution < -0.4 is 4.74 Å². The van der Waals surface area contributed by atoms with Gasteiger partial charge in [0.05, 0.1) is 6.04 Å². The Morgan fingerprint density at radius 2 is 2.14 bits per heavy atom. The third kappa shape index (κ3) is 2.29. The van der Waals surface area contributed by atoms with Crippen molar-refractivity contribution in [1.29, 1.82) is 0 Å². The average molecular weight is 303 g/mol. The maximum absolute atomic E-state index is 12.2. The molecule has 118 valence electrons. The van der Waals surface area contributed by atoms with Crippen molar-refractivity contribution in [3.8, 4) is 5.75 Å². The van der Waals surface area contributed by atoms with Crippen LogP contribution in [0.4, 0.5) is 0 Å². The zero-order valence-electron chi connectivity index (χ0n) is 13.1. The molecule has 5 nitrogen and oxygen atoms in total. The number of carbonyl (C=O) groups is 2. The maximum Gasteiger partial charge on any atom is 0.223 e. The Morgan fingerprint density at radius 1 is 1.41 bits per heavy atom. The molecule has 0 aromatic heterocycles. The largest absolute Gasteiger partial charge is 0.485 e. The smallest absolute Gasteiger partial charge is 0.223 e. The van der Waals surface area contributed by atoms with E-state index in [1.54, 1.807) is 23.1 Å². The van der Waals surface area contributed by atoms with E-state index >= 15 is 0 Å². The number of aliphatic hydroxyl groups excluding tert-OH is 1. The maximum atomic E-state index is 12.2. The monoisotopic (exact) mass is 303 g/mol. The third-order valence-corrected chi connectivity index (χ3v) is 4.57. The number of ether oxygens (including phenoxy) is 1. The van der Waals surface area contributed by atoms with Gasteiger partial charge in [-0.25, -0.2) is 0 Å². The lowest BCUT2D eigenvalue weighted by Gasteiger charge is -2.45. The number of nitrogens with zero attached hydrogens (tertiary/aromatic N) is 1. The fourth-order valence-electron chi connectivity index (χ4n) is 3.29. The molecule has 1 aromatic rings. The molecule has 1 amide bonds. The van der Waals surface area contributed by atoms with Gasteiger partial charge in [-0.15, -0.1) is 0 Å². The molecule has 22 heavy (non-hydrogen) atoms. The van der Waals surface area contributed by atoms with Crippen LogP contribution in [0, 0.1) is 0 Å². The Balaban J connectivity index is 2.12. The number of carbonyl (C=O) groups excluding carboxylic acids is 2. The standard InChI is InChI=1S/C17H21NO4/c1-10(19)11-6-7-13-12(9-11)15(16(21)17(2,3)22-13)18-8-4-5-14(18)20/h6-7,9,15-16,21H,4-5,8H2,1-3H3/t15-,16+/m0/s1. The zero-order valence-corrected chi connectivity index (χ0v) is 13.1. The SMILES string of the molecule is CC(=O)c1ccc2c(c1)[C@H](N1CCCC1=O)[C@@H](O)C(C)(C)O2. The molecule has 2 atom stereocenters. The van der Waals surface area contributed by atoms with Crippen LogP contribution in [0.15, 0.2) is 18.2 Å². The molecule has 0 aliphatic carbocycles. The van der Waals surface area contributed by atoms with Crippen molar-refractivity contribution in [3.05, 3.63) is 29.3 Å². The zero-order chi connectivity index (χ0) is 16.1. The summed E-state index contributed by atoms with van der Waals surface area (Å²) in [4.78, 5) is 25.5. The van der Waals surface area contributed by atoms with Gasteiger partial charge in [0.25, 0.3) is 0 Å². The van der Waals surface area contributed by atoms with Gasteiger partial charge in [-0.2, -0.15) is 0 Å². The van der Waals surface area contributed by atoms with Crippen molar-refractivity contribution in [2.45, 2.75) is 51.4 Å². The predicted octanol–water partition coefficient (Wildman–Crippen LogP) is 2.08. The molecule has 1 fully saturated rings. The van der Waals surface area contributed by atoms with Crippen LogP contribution in [0.25, 0.3) is 0 Å². The van der Waals surface area contributed by atoms with Crippen LogP contribution in [-0.2, 0) is 4.79 Å². The average Bonchev–Trinajstić information content (AvgIpc) is 2.85. The summed E-state index contributed by atoms with van der Waals surface area (Å²) in [5, 5.41) is 10.7. The van der Waals surface area contributed by atoms with Gasteiger partial charge in [-0.3, -0.25) is 9.59 Å². The fraction of sp³-hybridized carbons (Fsp3) is 0.529. The number of hydrogen-bond acceptors (Lipinski definition) is 4. The van der Waals surface area contributed by atoms with Crippen molar-refractivity contribution in [3.63, 3.8) is 0 Å². The molecule has 0 spiro atoms. The predicted molar refractivity (Wildman–Crippen MR) is 80.8 cm³/mol. The molecule has 5 heteroatoms. The van der Waals surface area contributed by atoms with E-state index in [2.05, 4.69) is 0 Å². The molecule has 0 bridgehead atoms. The van der Waals surface area contributed by atoms with E-state index in [-0.39, 0.29) is 11.7 Å². The first kappa shape index (κ1) is 15.0. The van der Waals surface area contributed by atoms with Crippen molar-refractivity contribution in [2.24, 2.45) is 0 Å². The van der Waals surface area contributed by atoms with Crippen molar-refractivity contribution >= 4 is 11.7 Å². The van der Waals surface area contributed by atoms with Gasteiger partial charge in [-0.1, -0.05) is 0 Å². The summed E-state index contributed by atoms with van der Waals surface area (Å²) in [7, 11) is 0. The first-order valence-corrected chi connectivity index (χ1v) is 7.62. The quantitative estimate of drug-likeness (QED) is 0.850. The molecule has 0 saturated carbocycles. The van der Waals surface area contributed by atoms with Gasteiger partial charge in [0.15, 0.2) is 5.78 Å². The molecule has 2 aliphatic heterocycles. The molecular formula is C17H21NO4. The van der Waals surface area contributed by atoms with Crippen LogP contribution in [0.3, 0.4) is 0 Å². The lowest BCUT2D eigenvalue weighted by atomic mass is 9.84. The Hall–Kier alpha value is -1.88. The molecule has 2 aliphatic rings. The van der Waals surface area contributed by atoms with E-state index in [1.807, 2.05) is 13.8 Å². The van der Waals surface area contributed by atoms with Gasteiger partial charge >= 0.3 is 0 Å². The number of fused-ring (bicyclic) bond motifs is 1. The lowest BCUT2D eigenvalue weighted by Crippen LogP contribution is -2.53. The van der Waals surface area contributed by atoms with Crippen LogP contribution in [0.5, 0.6) is 5.75 Å². The van der Waals surface area contributed by atoms with Gasteiger partial charge in [-0.05, 0) is 45.4 Å². The number of benzene rings is 1. The van der Waals surface area contributed by atoms with E-state index < -0.39 is 17.7 Å². The first-order valence-electron chi connectivity index (χ1n) is 7.62. The molecule has 0 unspecified atom stereocenters. The van der Waals surface area contributed by atoms with Crippen LogP contribution in [0.1, 0.15) is 55.6 Å². The summed E-state index contributed by atoms with van der Waals surface area (Å²) in [6.45, 7) is 5.75. The van der Waals surface area contributed by atoms with Gasteiger partial charge in [0.1, 0.15) is 17.5 Å². The third-order valence-electron chi connectivity index (χ3n) is 4.57. The Bertz CT molecular complexity index is 638. The lowest BCUT2D eigenvalue weighted by molar-refractivity contribution is -0.139. The minimum absolute atomic E-state index is 0.0425. The number of Topliss-reactive ketones (excluding diaryl/α,β-unsaturated/α-hetero) is 1. The first-order chi connectivity index (χ1) is 10.3. The minimum atomic E-state index is -0.843. The van der Waals surface area contributed by atoms with Crippen LogP contribution in [0.2, 0.25) is 0 Å². The number of rotatable bonds is 2. The normalized spacial score (nSPS) is 26.5. The number of aliphatic hydroxyl groups is 1. The Kier molecular flexibility index (Phi) is 3.48. The van der Waals surface area contributed by atoms with E-state index in [9.17, 15) is 14.7 Å². The highest BCUT2D eigenvalue weighted by atomic mass is 16.5. The molecule has 1 N–H and O–H groups in total. The molecule has 0 radical (unpaired) electrons. The van der Waals surface area contributed by atoms with E-state index in [4.69, 9.17) is 4.74 Å². The molecule has 1 saturated heterocycles. The topological polar surface area (TPSA) is 66.8 Å². The van der Waals surface area contributed by atoms with Crippen molar-refractivity contribution in [2.75, 3.05) is 6.54 Å². The van der Waals surface area contributed by atoms with Gasteiger partial charge in [0, 0.05) is 24.1 Å². The molecular weight excluding hydrogens is 282 g/mol. The molecule has 1 aromatic carbocycles. The summed E-state index contributed by atoms with van der Waals surface area (Å²) in [5.74, 6) is 0.625. The van der Waals surface area contributed by atoms with Gasteiger partial charge in [0.2, 0.25) is 5.91 Å². The number of hydrogen-bond donors (Lipinski definition) is 1. The second-order valence-electron chi connectivity index (χ2n) is 6.59. The fourth-order valence-corrected chi connectivity index (χ4v) is 3.29. The van der Waals surface area contributed by atoms with E-state index in [1.165, 1.54) is 6.92 Å². The van der Waals surface area contributed by atoms with Crippen LogP contribution >= 0.6 is 0 Å². The molecule has 2 heterocycles. The summed E-state index contributed by atoms with van der Waals surface area (Å²) in [5.41, 5.74) is 0.485. The van der Waals surface area contributed by atoms with Gasteiger partial charge < -0.3 is 14.7 Å². The van der Waals surface area contributed by atoms with E-state index in [0.717, 1.165) is 12.0 Å². The van der Waals surface area contributed by atoms with Crippen molar-refractivity contribution < 1.29 is 19.4 Å². The Labute approximate surface area is 129 Å². The second kappa shape index (κ2) is 5.09. The van der Waals surface area contributed by atoms with Crippen LogP contribution in [-0.4, -0.2) is 39.9 Å². The highest BCUT2D eigenvalue weighted by molar-refractivity contribution is 5.94. The summed E-state index contributed by atoms with van der Waals surface area (Å²) >= 11 is 0. The summed E-state index contributed by atoms with van der Waals surface area (Å²) < 4.78 is 5.89. The number of likely N-dealkylation sites (tertiary alicyclic amines) is 1. The molecule has 3 rings (SSSR count). The minimum Gasteiger partial charge on any atom is -0.485 e. The number of amides is 1. The van der Waals surface area contributed by atoms with Crippen molar-refractivity contribution in [1.82, 2.24) is 4.90 Å². The summed E-state index contributed by atoms with van der Waals surface area (Å²) in [6, 6.07) is 4.75. The highest BCUT2D eigenvalue weighted by Crippen LogP contribution is 2.44. The Morgan fingerprint density at radius 3 is 2.73 bits per heavy atom. The highest BCUT2D eigenvalue weighted by Gasteiger charge is 2.47. The van der Waals surface area contributed by atoms with E-state index in [0.29, 0.717) is 24.3 Å². The number of ketones is 1. The summed E-state index contributed by atoms with van der Waals surface area (Å²) in [6.07, 6.45) is 0.460.